The molecule has 2 aromatic carbocycles. The molecular formula is C22H19ClN6O2. The predicted molar refractivity (Wildman–Crippen MR) is 117 cm³/mol. The zero-order valence-corrected chi connectivity index (χ0v) is 17.2. The van der Waals surface area contributed by atoms with Gasteiger partial charge in [0.05, 0.1) is 17.4 Å². The summed E-state index contributed by atoms with van der Waals surface area (Å²) in [6.45, 7) is 0.439. The van der Waals surface area contributed by atoms with Crippen LogP contribution in [0, 0.1) is 0 Å². The molecule has 4 aromatic rings. The van der Waals surface area contributed by atoms with Crippen molar-refractivity contribution in [3.63, 3.8) is 0 Å². The Bertz CT molecular complexity index is 1200. The second kappa shape index (κ2) is 9.27. The number of rotatable bonds is 7. The summed E-state index contributed by atoms with van der Waals surface area (Å²) >= 11 is 6.01. The summed E-state index contributed by atoms with van der Waals surface area (Å²) in [5.41, 5.74) is 2.71. The Hall–Kier alpha value is -3.91. The van der Waals surface area contributed by atoms with Crippen LogP contribution in [-0.4, -0.2) is 31.4 Å². The van der Waals surface area contributed by atoms with Crippen LogP contribution in [0.15, 0.2) is 79.4 Å². The Kier molecular flexibility index (Phi) is 6.09. The van der Waals surface area contributed by atoms with Crippen molar-refractivity contribution in [3.8, 4) is 5.69 Å². The lowest BCUT2D eigenvalue weighted by molar-refractivity contribution is -0.116. The van der Waals surface area contributed by atoms with E-state index >= 15 is 0 Å². The Morgan fingerprint density at radius 2 is 1.90 bits per heavy atom. The first kappa shape index (κ1) is 20.4. The molecule has 0 atom stereocenters. The second-order valence-corrected chi connectivity index (χ2v) is 7.22. The summed E-state index contributed by atoms with van der Waals surface area (Å²) in [6, 6.07) is 16.3. The molecule has 0 fully saturated rings. The zero-order chi connectivity index (χ0) is 21.6. The molecule has 4 rings (SSSR count). The lowest BCUT2D eigenvalue weighted by Gasteiger charge is -2.08. The number of nitrogens with one attached hydrogen (secondary N) is 2. The Morgan fingerprint density at radius 3 is 2.71 bits per heavy atom. The van der Waals surface area contributed by atoms with Crippen LogP contribution in [0.5, 0.6) is 0 Å². The molecule has 0 saturated carbocycles. The van der Waals surface area contributed by atoms with Gasteiger partial charge in [0.1, 0.15) is 6.54 Å². The number of carbonyl (C=O) groups excluding carboxylic acids is 2. The highest BCUT2D eigenvalue weighted by Crippen LogP contribution is 2.15. The molecule has 0 aliphatic rings. The molecular weight excluding hydrogens is 416 g/mol. The maximum Gasteiger partial charge on any atom is 0.254 e. The molecule has 0 bridgehead atoms. The van der Waals surface area contributed by atoms with E-state index in [1.54, 1.807) is 52.2 Å². The van der Waals surface area contributed by atoms with Gasteiger partial charge < -0.3 is 10.6 Å². The van der Waals surface area contributed by atoms with Gasteiger partial charge in [-0.3, -0.25) is 14.3 Å². The summed E-state index contributed by atoms with van der Waals surface area (Å²) in [5, 5.41) is 14.5. The van der Waals surface area contributed by atoms with Gasteiger partial charge in [0.2, 0.25) is 5.91 Å². The molecule has 31 heavy (non-hydrogen) atoms. The fourth-order valence-corrected chi connectivity index (χ4v) is 3.17. The number of anilines is 1. The van der Waals surface area contributed by atoms with E-state index in [-0.39, 0.29) is 18.4 Å². The van der Waals surface area contributed by atoms with E-state index in [9.17, 15) is 9.59 Å². The van der Waals surface area contributed by atoms with Crippen LogP contribution >= 0.6 is 11.6 Å². The van der Waals surface area contributed by atoms with Crippen LogP contribution in [0.25, 0.3) is 5.69 Å². The van der Waals surface area contributed by atoms with Gasteiger partial charge in [-0.05, 0) is 42.0 Å². The van der Waals surface area contributed by atoms with E-state index in [0.717, 1.165) is 11.3 Å². The summed E-state index contributed by atoms with van der Waals surface area (Å²) in [7, 11) is 0. The zero-order valence-electron chi connectivity index (χ0n) is 16.4. The summed E-state index contributed by atoms with van der Waals surface area (Å²) in [6.07, 6.45) is 6.49. The number of halogens is 1. The van der Waals surface area contributed by atoms with E-state index < -0.39 is 0 Å². The standard InChI is InChI=1S/C22H19ClN6O2/c23-18-5-2-7-20(11-18)29-14-17(13-26-29)22(31)24-12-16-4-1-6-19(10-16)27-21(30)15-28-9-3-8-25-28/h1-11,13-14H,12,15H2,(H,24,31)(H,27,30). The predicted octanol–water partition coefficient (Wildman–Crippen LogP) is 3.29. The van der Waals surface area contributed by atoms with Crippen LogP contribution < -0.4 is 10.6 Å². The first-order chi connectivity index (χ1) is 15.1. The second-order valence-electron chi connectivity index (χ2n) is 6.79. The van der Waals surface area contributed by atoms with Crippen molar-refractivity contribution in [1.29, 1.82) is 0 Å². The van der Waals surface area contributed by atoms with Crippen molar-refractivity contribution in [3.05, 3.63) is 95.5 Å². The fourth-order valence-electron chi connectivity index (χ4n) is 2.98. The first-order valence-corrected chi connectivity index (χ1v) is 9.90. The van der Waals surface area contributed by atoms with Crippen molar-refractivity contribution in [2.24, 2.45) is 0 Å². The van der Waals surface area contributed by atoms with Crippen LogP contribution in [0.4, 0.5) is 5.69 Å². The van der Waals surface area contributed by atoms with Crippen molar-refractivity contribution < 1.29 is 9.59 Å². The minimum Gasteiger partial charge on any atom is -0.348 e. The number of amides is 2. The van der Waals surface area contributed by atoms with Gasteiger partial charge in [-0.1, -0.05) is 29.8 Å². The molecule has 8 nitrogen and oxygen atoms in total. The van der Waals surface area contributed by atoms with Crippen LogP contribution in [-0.2, 0) is 17.9 Å². The Balaban J connectivity index is 1.34. The van der Waals surface area contributed by atoms with Gasteiger partial charge in [0, 0.05) is 35.8 Å². The van der Waals surface area contributed by atoms with Gasteiger partial charge in [-0.2, -0.15) is 10.2 Å². The van der Waals surface area contributed by atoms with Crippen molar-refractivity contribution in [2.45, 2.75) is 13.1 Å². The summed E-state index contributed by atoms with van der Waals surface area (Å²) in [4.78, 5) is 24.6. The third kappa shape index (κ3) is 5.37. The molecule has 0 radical (unpaired) electrons. The van der Waals surface area contributed by atoms with Gasteiger partial charge in [-0.25, -0.2) is 4.68 Å². The Labute approximate surface area is 183 Å². The van der Waals surface area contributed by atoms with E-state index in [4.69, 9.17) is 11.6 Å². The average molecular weight is 435 g/mol. The van der Waals surface area contributed by atoms with E-state index in [1.165, 1.54) is 6.20 Å². The number of benzene rings is 2. The normalized spacial score (nSPS) is 10.6. The number of aromatic nitrogens is 4. The number of nitrogens with zero attached hydrogens (tertiary/aromatic N) is 4. The Morgan fingerprint density at radius 1 is 1.03 bits per heavy atom. The average Bonchev–Trinajstić information content (AvgIpc) is 3.44. The van der Waals surface area contributed by atoms with E-state index in [0.29, 0.717) is 22.8 Å². The highest BCUT2D eigenvalue weighted by atomic mass is 35.5. The fraction of sp³-hybridized carbons (Fsp3) is 0.0909. The largest absolute Gasteiger partial charge is 0.348 e. The SMILES string of the molecule is O=C(Cn1cccn1)Nc1cccc(CNC(=O)c2cnn(-c3cccc(Cl)c3)c2)c1. The molecule has 0 spiro atoms. The summed E-state index contributed by atoms with van der Waals surface area (Å²) in [5.74, 6) is -0.431. The van der Waals surface area contributed by atoms with Gasteiger partial charge in [0.15, 0.2) is 0 Å². The van der Waals surface area contributed by atoms with E-state index in [2.05, 4.69) is 20.8 Å². The van der Waals surface area contributed by atoms with Crippen molar-refractivity contribution >= 4 is 29.1 Å². The lowest BCUT2D eigenvalue weighted by Crippen LogP contribution is -2.22. The molecule has 0 aliphatic carbocycles. The maximum atomic E-state index is 12.5. The van der Waals surface area contributed by atoms with Crippen LogP contribution in [0.3, 0.4) is 0 Å². The molecule has 2 amide bonds. The molecule has 2 aromatic heterocycles. The van der Waals surface area contributed by atoms with Crippen molar-refractivity contribution in [2.75, 3.05) is 5.32 Å². The number of hydrogen-bond acceptors (Lipinski definition) is 4. The topological polar surface area (TPSA) is 93.8 Å². The van der Waals surface area contributed by atoms with E-state index in [1.807, 2.05) is 30.3 Å². The minimum absolute atomic E-state index is 0.130. The quantitative estimate of drug-likeness (QED) is 0.466. The maximum absolute atomic E-state index is 12.5. The molecule has 0 unspecified atom stereocenters. The van der Waals surface area contributed by atoms with Crippen LogP contribution in [0.2, 0.25) is 5.02 Å². The molecule has 2 heterocycles. The van der Waals surface area contributed by atoms with Gasteiger partial charge in [-0.15, -0.1) is 0 Å². The summed E-state index contributed by atoms with van der Waals surface area (Å²) < 4.78 is 3.14. The smallest absolute Gasteiger partial charge is 0.254 e. The number of carbonyl (C=O) groups is 2. The highest BCUT2D eigenvalue weighted by molar-refractivity contribution is 6.30. The molecule has 2 N–H and O–H groups in total. The van der Waals surface area contributed by atoms with Crippen LogP contribution in [0.1, 0.15) is 15.9 Å². The molecule has 156 valence electrons. The first-order valence-electron chi connectivity index (χ1n) is 9.52. The van der Waals surface area contributed by atoms with Gasteiger partial charge >= 0.3 is 0 Å². The van der Waals surface area contributed by atoms with Gasteiger partial charge in [0.25, 0.3) is 5.91 Å². The minimum atomic E-state index is -0.249. The highest BCUT2D eigenvalue weighted by Gasteiger charge is 2.10. The van der Waals surface area contributed by atoms with Crippen molar-refractivity contribution in [1.82, 2.24) is 24.9 Å². The number of hydrogen-bond donors (Lipinski definition) is 2. The molecule has 0 saturated heterocycles. The third-order valence-electron chi connectivity index (χ3n) is 4.45. The molecule has 0 aliphatic heterocycles. The lowest BCUT2D eigenvalue weighted by atomic mass is 10.2. The molecule has 9 heteroatoms. The third-order valence-corrected chi connectivity index (χ3v) is 4.68. The monoisotopic (exact) mass is 434 g/mol.